The molecule has 6 heteroatoms. The van der Waals surface area contributed by atoms with Gasteiger partial charge in [-0.1, -0.05) is 72.0 Å². The summed E-state index contributed by atoms with van der Waals surface area (Å²) in [6, 6.07) is 20.7. The van der Waals surface area contributed by atoms with Crippen molar-refractivity contribution < 1.29 is 9.90 Å². The van der Waals surface area contributed by atoms with E-state index in [0.717, 1.165) is 25.0 Å². The normalized spacial score (nSPS) is 21.8. The van der Waals surface area contributed by atoms with Crippen molar-refractivity contribution in [1.82, 2.24) is 4.98 Å². The van der Waals surface area contributed by atoms with E-state index in [9.17, 15) is 9.90 Å². The third kappa shape index (κ3) is 3.68. The lowest BCUT2D eigenvalue weighted by Gasteiger charge is -2.29. The van der Waals surface area contributed by atoms with Crippen LogP contribution < -0.4 is 5.01 Å². The van der Waals surface area contributed by atoms with Crippen molar-refractivity contribution >= 4 is 34.2 Å². The van der Waals surface area contributed by atoms with Crippen LogP contribution in [0.5, 0.6) is 0 Å². The molecule has 0 bridgehead atoms. The molecule has 1 saturated carbocycles. The second-order valence-electron chi connectivity index (χ2n) is 7.98. The average molecular weight is 430 g/mol. The van der Waals surface area contributed by atoms with Gasteiger partial charge in [-0.2, -0.15) is 5.10 Å². The molecule has 156 valence electrons. The van der Waals surface area contributed by atoms with Crippen LogP contribution in [0.4, 0.5) is 5.13 Å². The molecule has 1 fully saturated rings. The van der Waals surface area contributed by atoms with E-state index in [-0.39, 0.29) is 16.8 Å². The number of rotatable bonds is 4. The number of nitrogens with zero attached hydrogens (tertiary/aromatic N) is 3. The zero-order valence-electron chi connectivity index (χ0n) is 17.2. The molecule has 0 amide bonds. The van der Waals surface area contributed by atoms with Crippen LogP contribution >= 0.6 is 11.3 Å². The first-order valence-electron chi connectivity index (χ1n) is 10.5. The van der Waals surface area contributed by atoms with Crippen molar-refractivity contribution in [1.29, 1.82) is 0 Å². The van der Waals surface area contributed by atoms with Gasteiger partial charge in [0.15, 0.2) is 0 Å². The molecule has 31 heavy (non-hydrogen) atoms. The Morgan fingerprint density at radius 3 is 2.52 bits per heavy atom. The van der Waals surface area contributed by atoms with Gasteiger partial charge in [0.2, 0.25) is 5.13 Å². The number of carboxylic acid groups (broad SMARTS) is 1. The molecule has 0 spiro atoms. The number of thiazole rings is 1. The maximum absolute atomic E-state index is 11.6. The number of carbonyl (C=O) groups is 1. The van der Waals surface area contributed by atoms with Gasteiger partial charge < -0.3 is 5.11 Å². The van der Waals surface area contributed by atoms with Crippen molar-refractivity contribution in [3.63, 3.8) is 0 Å². The molecular weight excluding hydrogens is 406 g/mol. The van der Waals surface area contributed by atoms with Gasteiger partial charge in [0, 0.05) is 5.92 Å². The van der Waals surface area contributed by atoms with Gasteiger partial charge in [0.25, 0.3) is 0 Å². The lowest BCUT2D eigenvalue weighted by molar-refractivity contribution is 0.0701. The van der Waals surface area contributed by atoms with E-state index in [1.165, 1.54) is 28.0 Å². The van der Waals surface area contributed by atoms with Gasteiger partial charge in [0.05, 0.1) is 17.4 Å². The van der Waals surface area contributed by atoms with E-state index in [1.54, 1.807) is 6.92 Å². The number of benzene rings is 2. The molecule has 0 saturated heterocycles. The number of aromatic nitrogens is 1. The number of aryl methyl sites for hydroxylation is 1. The highest BCUT2D eigenvalue weighted by atomic mass is 32.1. The fourth-order valence-electron chi connectivity index (χ4n) is 4.57. The van der Waals surface area contributed by atoms with E-state index in [0.29, 0.717) is 10.8 Å². The Hall–Kier alpha value is -3.25. The molecule has 1 aliphatic carbocycles. The summed E-state index contributed by atoms with van der Waals surface area (Å²) >= 11 is 1.20. The second kappa shape index (κ2) is 8.12. The molecular formula is C25H23N3O2S. The van der Waals surface area contributed by atoms with Crippen molar-refractivity contribution in [3.8, 4) is 0 Å². The zero-order valence-corrected chi connectivity index (χ0v) is 18.0. The van der Waals surface area contributed by atoms with Gasteiger partial charge >= 0.3 is 5.97 Å². The van der Waals surface area contributed by atoms with E-state index in [1.807, 2.05) is 41.4 Å². The van der Waals surface area contributed by atoms with Crippen molar-refractivity contribution in [2.45, 2.75) is 32.2 Å². The Kier molecular flexibility index (Phi) is 5.16. The minimum absolute atomic E-state index is 0.0165. The first-order chi connectivity index (χ1) is 15.1. The van der Waals surface area contributed by atoms with E-state index in [4.69, 9.17) is 5.10 Å². The number of anilines is 1. The van der Waals surface area contributed by atoms with Gasteiger partial charge in [-0.3, -0.25) is 0 Å². The van der Waals surface area contributed by atoms with Crippen molar-refractivity contribution in [3.05, 3.63) is 87.9 Å². The predicted octanol–water partition coefficient (Wildman–Crippen LogP) is 5.95. The molecule has 0 radical (unpaired) electrons. The highest BCUT2D eigenvalue weighted by Gasteiger charge is 2.43. The molecule has 0 unspecified atom stereocenters. The number of hydrazone groups is 1. The van der Waals surface area contributed by atoms with E-state index in [2.05, 4.69) is 35.3 Å². The summed E-state index contributed by atoms with van der Waals surface area (Å²) in [5.74, 6) is -0.685. The predicted molar refractivity (Wildman–Crippen MR) is 125 cm³/mol. The number of allylic oxidation sites excluding steroid dienone is 1. The van der Waals surface area contributed by atoms with E-state index >= 15 is 0 Å². The van der Waals surface area contributed by atoms with Crippen molar-refractivity contribution in [2.75, 3.05) is 5.01 Å². The molecule has 2 aliphatic rings. The van der Waals surface area contributed by atoms with Crippen LogP contribution in [-0.4, -0.2) is 21.8 Å². The maximum atomic E-state index is 11.6. The molecule has 3 aromatic rings. The highest BCUT2D eigenvalue weighted by Crippen LogP contribution is 2.47. The Balaban J connectivity index is 1.61. The van der Waals surface area contributed by atoms with Gasteiger partial charge in [-0.05, 0) is 49.0 Å². The Morgan fingerprint density at radius 2 is 1.84 bits per heavy atom. The van der Waals surface area contributed by atoms with Crippen LogP contribution in [0, 0.1) is 12.8 Å². The first kappa shape index (κ1) is 19.7. The fourth-order valence-corrected chi connectivity index (χ4v) is 5.46. The summed E-state index contributed by atoms with van der Waals surface area (Å²) in [7, 11) is 0. The lowest BCUT2D eigenvalue weighted by Crippen LogP contribution is -2.28. The quantitative estimate of drug-likeness (QED) is 0.556. The number of aromatic carboxylic acids is 1. The van der Waals surface area contributed by atoms with Crippen molar-refractivity contribution in [2.24, 2.45) is 11.0 Å². The number of hydrogen-bond acceptors (Lipinski definition) is 5. The largest absolute Gasteiger partial charge is 0.477 e. The molecule has 2 aromatic carbocycles. The van der Waals surface area contributed by atoms with Gasteiger partial charge in [-0.25, -0.2) is 14.8 Å². The summed E-state index contributed by atoms with van der Waals surface area (Å²) in [5.41, 5.74) is 5.26. The number of fused-ring (bicyclic) bond motifs is 1. The third-order valence-electron chi connectivity index (χ3n) is 5.96. The third-order valence-corrected chi connectivity index (χ3v) is 7.09. The fraction of sp³-hybridized carbons (Fsp3) is 0.240. The van der Waals surface area contributed by atoms with Gasteiger partial charge in [0.1, 0.15) is 4.88 Å². The van der Waals surface area contributed by atoms with Gasteiger partial charge in [-0.15, -0.1) is 0 Å². The van der Waals surface area contributed by atoms with Crippen LogP contribution in [0.1, 0.15) is 51.8 Å². The first-order valence-corrected chi connectivity index (χ1v) is 11.3. The average Bonchev–Trinajstić information content (AvgIpc) is 3.36. The molecule has 2 heterocycles. The minimum Gasteiger partial charge on any atom is -0.477 e. The zero-order chi connectivity index (χ0) is 21.4. The molecule has 2 atom stereocenters. The van der Waals surface area contributed by atoms with E-state index < -0.39 is 5.97 Å². The molecule has 1 aromatic heterocycles. The van der Waals surface area contributed by atoms with Crippen LogP contribution in [0.3, 0.4) is 0 Å². The minimum atomic E-state index is -0.938. The van der Waals surface area contributed by atoms with Crippen LogP contribution in [0.25, 0.3) is 6.08 Å². The SMILES string of the molecule is Cc1nc(N2N=C3/C(=C\c4ccccc4)CCC[C@@H]3[C@@H]2c2ccccc2)sc1C(=O)O. The highest BCUT2D eigenvalue weighted by molar-refractivity contribution is 7.17. The Bertz CT molecular complexity index is 1170. The Labute approximate surface area is 185 Å². The standard InChI is InChI=1S/C25H23N3O2S/c1-16-23(24(29)30)31-25(26-16)28-22(18-11-6-3-7-12-18)20-14-8-13-19(21(20)27-28)15-17-9-4-2-5-10-17/h2-7,9-12,15,20,22H,8,13-14H2,1H3,(H,29,30)/b19-15-/t20-,22-/m0/s1. The van der Waals surface area contributed by atoms with Crippen LogP contribution in [0.15, 0.2) is 71.3 Å². The summed E-state index contributed by atoms with van der Waals surface area (Å²) in [5, 5.41) is 17.2. The summed E-state index contributed by atoms with van der Waals surface area (Å²) < 4.78 is 0. The van der Waals surface area contributed by atoms with Crippen LogP contribution in [0.2, 0.25) is 0 Å². The number of hydrogen-bond donors (Lipinski definition) is 1. The number of carboxylic acids is 1. The Morgan fingerprint density at radius 1 is 1.13 bits per heavy atom. The van der Waals surface area contributed by atoms with Crippen LogP contribution in [-0.2, 0) is 0 Å². The molecule has 5 nitrogen and oxygen atoms in total. The monoisotopic (exact) mass is 429 g/mol. The molecule has 1 aliphatic heterocycles. The summed E-state index contributed by atoms with van der Waals surface area (Å²) in [4.78, 5) is 16.5. The molecule has 5 rings (SSSR count). The smallest absolute Gasteiger partial charge is 0.347 e. The second-order valence-corrected chi connectivity index (χ2v) is 8.96. The maximum Gasteiger partial charge on any atom is 0.347 e. The molecule has 1 N–H and O–H groups in total. The lowest BCUT2D eigenvalue weighted by atomic mass is 9.77. The summed E-state index contributed by atoms with van der Waals surface area (Å²) in [6.45, 7) is 1.75. The topological polar surface area (TPSA) is 65.8 Å². The summed E-state index contributed by atoms with van der Waals surface area (Å²) in [6.07, 6.45) is 5.40.